The Morgan fingerprint density at radius 2 is 2.44 bits per heavy atom. The Kier molecular flexibility index (Phi) is 2.61. The molecule has 0 unspecified atom stereocenters. The lowest BCUT2D eigenvalue weighted by molar-refractivity contribution is 1.40. The lowest BCUT2D eigenvalue weighted by Gasteiger charge is -1.95. The Balaban J connectivity index is 3.01. The quantitative estimate of drug-likeness (QED) is 0.631. The number of benzene rings is 1. The van der Waals surface area contributed by atoms with Crippen LogP contribution in [0.15, 0.2) is 27.6 Å². The van der Waals surface area contributed by atoms with E-state index in [9.17, 15) is 0 Å². The molecule has 0 N–H and O–H groups in total. The Morgan fingerprint density at radius 3 is 2.89 bits per heavy atom. The van der Waals surface area contributed by atoms with Crippen LogP contribution in [0, 0.1) is 6.07 Å². The average Bonchev–Trinajstić information content (AvgIpc) is 1.89. The van der Waals surface area contributed by atoms with E-state index in [1.54, 1.807) is 11.8 Å². The molecule has 1 aromatic carbocycles. The third-order valence-corrected chi connectivity index (χ3v) is 2.69. The molecule has 0 amide bonds. The molecule has 9 heavy (non-hydrogen) atoms. The van der Waals surface area contributed by atoms with Crippen molar-refractivity contribution in [3.63, 3.8) is 0 Å². The normalized spacial score (nSPS) is 9.56. The van der Waals surface area contributed by atoms with Crippen molar-refractivity contribution in [2.24, 2.45) is 0 Å². The third kappa shape index (κ3) is 1.73. The Labute approximate surface area is 67.8 Å². The SMILES string of the molecule is CSc1ccc[c]c1Br. The molecule has 0 nitrogen and oxygen atoms in total. The molecule has 0 saturated carbocycles. The first-order valence-electron chi connectivity index (χ1n) is 2.55. The van der Waals surface area contributed by atoms with Gasteiger partial charge in [-0.2, -0.15) is 0 Å². The van der Waals surface area contributed by atoms with E-state index < -0.39 is 0 Å². The number of rotatable bonds is 1. The molecule has 1 radical (unpaired) electrons. The molecule has 0 aromatic heterocycles. The van der Waals surface area contributed by atoms with Crippen LogP contribution >= 0.6 is 27.7 Å². The Bertz CT molecular complexity index is 198. The summed E-state index contributed by atoms with van der Waals surface area (Å²) >= 11 is 5.10. The summed E-state index contributed by atoms with van der Waals surface area (Å²) in [5.74, 6) is 0. The zero-order valence-corrected chi connectivity index (χ0v) is 7.42. The Morgan fingerprint density at radius 1 is 1.67 bits per heavy atom. The fourth-order valence-electron chi connectivity index (χ4n) is 0.559. The van der Waals surface area contributed by atoms with E-state index in [-0.39, 0.29) is 0 Å². The summed E-state index contributed by atoms with van der Waals surface area (Å²) in [4.78, 5) is 1.23. The summed E-state index contributed by atoms with van der Waals surface area (Å²) in [5.41, 5.74) is 0. The lowest BCUT2D eigenvalue weighted by atomic mass is 10.4. The van der Waals surface area contributed by atoms with Crippen LogP contribution in [0.5, 0.6) is 0 Å². The number of thioether (sulfide) groups is 1. The van der Waals surface area contributed by atoms with Gasteiger partial charge in [-0.05, 0) is 34.3 Å². The summed E-state index contributed by atoms with van der Waals surface area (Å²) in [6, 6.07) is 8.98. The molecule has 0 spiro atoms. The molecular formula is C7H6BrS. The standard InChI is InChI=1S/C7H6BrS/c1-9-7-5-3-2-4-6(7)8/h2-3,5H,1H3. The maximum Gasteiger partial charge on any atom is 0.0389 e. The van der Waals surface area contributed by atoms with Crippen molar-refractivity contribution in [2.75, 3.05) is 6.26 Å². The van der Waals surface area contributed by atoms with Gasteiger partial charge in [-0.25, -0.2) is 0 Å². The molecule has 0 fully saturated rings. The number of hydrogen-bond donors (Lipinski definition) is 0. The zero-order valence-electron chi connectivity index (χ0n) is 5.02. The van der Waals surface area contributed by atoms with Crippen LogP contribution in [0.3, 0.4) is 0 Å². The van der Waals surface area contributed by atoms with E-state index in [2.05, 4.69) is 28.1 Å². The van der Waals surface area contributed by atoms with Gasteiger partial charge in [-0.15, -0.1) is 11.8 Å². The van der Waals surface area contributed by atoms with Crippen molar-refractivity contribution in [3.05, 3.63) is 28.7 Å². The second-order valence-electron chi connectivity index (χ2n) is 1.55. The predicted molar refractivity (Wildman–Crippen MR) is 44.8 cm³/mol. The molecule has 47 valence electrons. The van der Waals surface area contributed by atoms with Crippen LogP contribution in [0.1, 0.15) is 0 Å². The Hall–Kier alpha value is 0.0500. The second kappa shape index (κ2) is 3.28. The fraction of sp³-hybridized carbons (Fsp3) is 0.143. The highest BCUT2D eigenvalue weighted by Gasteiger charge is 1.92. The van der Waals surface area contributed by atoms with Crippen molar-refractivity contribution in [2.45, 2.75) is 4.90 Å². The van der Waals surface area contributed by atoms with Gasteiger partial charge in [0.25, 0.3) is 0 Å². The van der Waals surface area contributed by atoms with Crippen molar-refractivity contribution in [1.82, 2.24) is 0 Å². The van der Waals surface area contributed by atoms with Crippen molar-refractivity contribution >= 4 is 27.7 Å². The van der Waals surface area contributed by atoms with Gasteiger partial charge < -0.3 is 0 Å². The molecule has 0 saturated heterocycles. The summed E-state index contributed by atoms with van der Waals surface area (Å²) in [7, 11) is 0. The third-order valence-electron chi connectivity index (χ3n) is 0.990. The molecule has 2 heteroatoms. The lowest BCUT2D eigenvalue weighted by Crippen LogP contribution is -1.69. The van der Waals surface area contributed by atoms with Crippen LogP contribution in [0.25, 0.3) is 0 Å². The van der Waals surface area contributed by atoms with Crippen LogP contribution in [-0.2, 0) is 0 Å². The van der Waals surface area contributed by atoms with Gasteiger partial charge in [0.15, 0.2) is 0 Å². The van der Waals surface area contributed by atoms with Gasteiger partial charge in [0.1, 0.15) is 0 Å². The summed E-state index contributed by atoms with van der Waals surface area (Å²) in [6.45, 7) is 0. The monoisotopic (exact) mass is 201 g/mol. The first-order chi connectivity index (χ1) is 4.34. The second-order valence-corrected chi connectivity index (χ2v) is 3.19. The molecule has 1 rings (SSSR count). The summed E-state index contributed by atoms with van der Waals surface area (Å²) in [5, 5.41) is 0. The fourth-order valence-corrected chi connectivity index (χ4v) is 1.76. The van der Waals surface area contributed by atoms with E-state index >= 15 is 0 Å². The first-order valence-corrected chi connectivity index (χ1v) is 4.56. The molecule has 0 atom stereocenters. The topological polar surface area (TPSA) is 0 Å². The maximum atomic E-state index is 3.38. The van der Waals surface area contributed by atoms with E-state index in [1.807, 2.05) is 18.4 Å². The minimum atomic E-state index is 1.05. The van der Waals surface area contributed by atoms with Gasteiger partial charge in [0.2, 0.25) is 0 Å². The van der Waals surface area contributed by atoms with Crippen LogP contribution in [0.2, 0.25) is 0 Å². The van der Waals surface area contributed by atoms with Crippen molar-refractivity contribution < 1.29 is 0 Å². The van der Waals surface area contributed by atoms with Gasteiger partial charge in [0, 0.05) is 9.37 Å². The molecule has 0 aliphatic carbocycles. The summed E-state index contributed by atoms with van der Waals surface area (Å²) in [6.07, 6.45) is 2.05. The van der Waals surface area contributed by atoms with Crippen LogP contribution in [-0.4, -0.2) is 6.26 Å². The predicted octanol–water partition coefficient (Wildman–Crippen LogP) is 2.97. The highest BCUT2D eigenvalue weighted by Crippen LogP contribution is 2.23. The van der Waals surface area contributed by atoms with Gasteiger partial charge in [-0.1, -0.05) is 12.1 Å². The molecular weight excluding hydrogens is 196 g/mol. The van der Waals surface area contributed by atoms with E-state index in [4.69, 9.17) is 0 Å². The minimum Gasteiger partial charge on any atom is -0.128 e. The molecule has 0 bridgehead atoms. The van der Waals surface area contributed by atoms with Crippen molar-refractivity contribution in [1.29, 1.82) is 0 Å². The molecule has 0 aliphatic heterocycles. The highest BCUT2D eigenvalue weighted by atomic mass is 79.9. The highest BCUT2D eigenvalue weighted by molar-refractivity contribution is 9.10. The van der Waals surface area contributed by atoms with Gasteiger partial charge in [0.05, 0.1) is 0 Å². The van der Waals surface area contributed by atoms with Crippen molar-refractivity contribution in [3.8, 4) is 0 Å². The number of halogens is 1. The number of hydrogen-bond acceptors (Lipinski definition) is 1. The van der Waals surface area contributed by atoms with E-state index in [0.717, 1.165) is 4.47 Å². The molecule has 0 heterocycles. The van der Waals surface area contributed by atoms with E-state index in [1.165, 1.54) is 4.90 Å². The summed E-state index contributed by atoms with van der Waals surface area (Å²) < 4.78 is 1.05. The molecule has 1 aromatic rings. The first kappa shape index (κ1) is 7.16. The molecule has 0 aliphatic rings. The smallest absolute Gasteiger partial charge is 0.0389 e. The maximum absolute atomic E-state index is 3.38. The van der Waals surface area contributed by atoms with E-state index in [0.29, 0.717) is 0 Å². The van der Waals surface area contributed by atoms with Crippen LogP contribution in [0.4, 0.5) is 0 Å². The van der Waals surface area contributed by atoms with Gasteiger partial charge in [-0.3, -0.25) is 0 Å². The average molecular weight is 202 g/mol. The van der Waals surface area contributed by atoms with Crippen LogP contribution < -0.4 is 0 Å². The largest absolute Gasteiger partial charge is 0.128 e. The zero-order chi connectivity index (χ0) is 6.69. The minimum absolute atomic E-state index is 1.05. The van der Waals surface area contributed by atoms with Gasteiger partial charge >= 0.3 is 0 Å².